The lowest BCUT2D eigenvalue weighted by Crippen LogP contribution is -2.44. The zero-order valence-electron chi connectivity index (χ0n) is 15.6. The van der Waals surface area contributed by atoms with Gasteiger partial charge >= 0.3 is 0 Å². The van der Waals surface area contributed by atoms with Crippen LogP contribution in [0.25, 0.3) is 0 Å². The maximum atomic E-state index is 12.3. The monoisotopic (exact) mass is 388 g/mol. The Balaban J connectivity index is 1.94. The van der Waals surface area contributed by atoms with Gasteiger partial charge in [0.1, 0.15) is 6.04 Å². The molecule has 0 saturated carbocycles. The molecule has 27 heavy (non-hydrogen) atoms. The predicted octanol–water partition coefficient (Wildman–Crippen LogP) is 2.30. The summed E-state index contributed by atoms with van der Waals surface area (Å²) in [5, 5.41) is 4.84. The second-order valence-corrected chi connectivity index (χ2v) is 9.02. The van der Waals surface area contributed by atoms with Crippen molar-refractivity contribution in [1.29, 1.82) is 0 Å². The van der Waals surface area contributed by atoms with Crippen LogP contribution >= 0.6 is 0 Å². The molecule has 0 radical (unpaired) electrons. The van der Waals surface area contributed by atoms with Crippen LogP contribution in [0.4, 0.5) is 0 Å². The Kier molecular flexibility index (Phi) is 6.74. The molecule has 2 rings (SSSR count). The number of hydrogen-bond donors (Lipinski definition) is 2. The molecule has 1 unspecified atom stereocenters. The molecule has 0 heterocycles. The Labute approximate surface area is 159 Å². The fourth-order valence-corrected chi connectivity index (χ4v) is 3.41. The van der Waals surface area contributed by atoms with Crippen LogP contribution in [0, 0.1) is 0 Å². The molecule has 0 aliphatic rings. The first kappa shape index (κ1) is 20.6. The van der Waals surface area contributed by atoms with Crippen molar-refractivity contribution < 1.29 is 18.0 Å². The van der Waals surface area contributed by atoms with Gasteiger partial charge in [-0.3, -0.25) is 9.59 Å². The van der Waals surface area contributed by atoms with Crippen LogP contribution in [0.5, 0.6) is 0 Å². The van der Waals surface area contributed by atoms with Crippen molar-refractivity contribution in [2.45, 2.75) is 43.5 Å². The average Bonchev–Trinajstić information content (AvgIpc) is 2.66. The molecule has 2 aromatic carbocycles. The second-order valence-electron chi connectivity index (χ2n) is 6.52. The molecule has 2 N–H and O–H groups in total. The second kappa shape index (κ2) is 8.81. The van der Waals surface area contributed by atoms with Crippen LogP contribution in [0.2, 0.25) is 0 Å². The summed E-state index contributed by atoms with van der Waals surface area (Å²) < 4.78 is 24.2. The summed E-state index contributed by atoms with van der Waals surface area (Å²) in [6.45, 7) is 5.18. The first-order valence-electron chi connectivity index (χ1n) is 8.68. The van der Waals surface area contributed by atoms with Gasteiger partial charge in [-0.25, -0.2) is 8.42 Å². The fraction of sp³-hybridized carbons (Fsp3) is 0.300. The van der Waals surface area contributed by atoms with Crippen molar-refractivity contribution >= 4 is 21.7 Å². The van der Waals surface area contributed by atoms with E-state index in [2.05, 4.69) is 10.6 Å². The van der Waals surface area contributed by atoms with Gasteiger partial charge in [-0.15, -0.1) is 0 Å². The minimum Gasteiger partial charge on any atom is -0.350 e. The highest BCUT2D eigenvalue weighted by Gasteiger charge is 2.20. The standard InChI is InChI=1S/C20H24N2O4S/c1-14(2)27(25,26)18-11-9-17(10-12-18)20(24)22-15(3)19(23)21-13-16-7-5-4-6-8-16/h4-12,14-15H,13H2,1-3H3,(H,21,23)(H,22,24). The molecule has 0 aromatic heterocycles. The van der Waals surface area contributed by atoms with E-state index >= 15 is 0 Å². The number of amides is 2. The van der Waals surface area contributed by atoms with Crippen LogP contribution in [-0.4, -0.2) is 31.5 Å². The van der Waals surface area contributed by atoms with Gasteiger partial charge in [0.15, 0.2) is 9.84 Å². The van der Waals surface area contributed by atoms with Gasteiger partial charge in [0.25, 0.3) is 5.91 Å². The summed E-state index contributed by atoms with van der Waals surface area (Å²) in [7, 11) is -3.39. The predicted molar refractivity (Wildman–Crippen MR) is 104 cm³/mol. The molecule has 0 fully saturated rings. The van der Waals surface area contributed by atoms with E-state index in [4.69, 9.17) is 0 Å². The number of carbonyl (C=O) groups excluding carboxylic acids is 2. The number of benzene rings is 2. The normalized spacial score (nSPS) is 12.4. The smallest absolute Gasteiger partial charge is 0.251 e. The third-order valence-electron chi connectivity index (χ3n) is 4.12. The maximum absolute atomic E-state index is 12.3. The van der Waals surface area contributed by atoms with E-state index in [9.17, 15) is 18.0 Å². The van der Waals surface area contributed by atoms with Crippen molar-refractivity contribution in [3.05, 3.63) is 65.7 Å². The molecular weight excluding hydrogens is 364 g/mol. The largest absolute Gasteiger partial charge is 0.350 e. The van der Waals surface area contributed by atoms with E-state index in [-0.39, 0.29) is 10.8 Å². The average molecular weight is 388 g/mol. The lowest BCUT2D eigenvalue weighted by molar-refractivity contribution is -0.122. The third kappa shape index (κ3) is 5.40. The first-order chi connectivity index (χ1) is 12.7. The topological polar surface area (TPSA) is 92.3 Å². The van der Waals surface area contributed by atoms with Crippen molar-refractivity contribution in [3.8, 4) is 0 Å². The summed E-state index contributed by atoms with van der Waals surface area (Å²) in [6.07, 6.45) is 0. The number of carbonyl (C=O) groups is 2. The van der Waals surface area contributed by atoms with Gasteiger partial charge in [0.05, 0.1) is 10.1 Å². The Hall–Kier alpha value is -2.67. The van der Waals surface area contributed by atoms with Gasteiger partial charge in [-0.2, -0.15) is 0 Å². The molecule has 0 saturated heterocycles. The number of hydrogen-bond acceptors (Lipinski definition) is 4. The van der Waals surface area contributed by atoms with Gasteiger partial charge < -0.3 is 10.6 Å². The summed E-state index contributed by atoms with van der Waals surface area (Å²) in [5.74, 6) is -0.739. The zero-order valence-corrected chi connectivity index (χ0v) is 16.4. The molecule has 144 valence electrons. The maximum Gasteiger partial charge on any atom is 0.251 e. The van der Waals surface area contributed by atoms with Crippen LogP contribution in [0.3, 0.4) is 0 Å². The quantitative estimate of drug-likeness (QED) is 0.761. The summed E-state index contributed by atoms with van der Waals surface area (Å²) in [6, 6.07) is 14.4. The molecule has 0 spiro atoms. The molecule has 6 nitrogen and oxygen atoms in total. The third-order valence-corrected chi connectivity index (χ3v) is 6.29. The highest BCUT2D eigenvalue weighted by molar-refractivity contribution is 7.92. The van der Waals surface area contributed by atoms with Crippen molar-refractivity contribution in [3.63, 3.8) is 0 Å². The molecular formula is C20H24N2O4S. The lowest BCUT2D eigenvalue weighted by atomic mass is 10.2. The van der Waals surface area contributed by atoms with Crippen LogP contribution in [0.15, 0.2) is 59.5 Å². The SMILES string of the molecule is CC(NC(=O)c1ccc(S(=O)(=O)C(C)C)cc1)C(=O)NCc1ccccc1. The van der Waals surface area contributed by atoms with Crippen LogP contribution in [-0.2, 0) is 21.2 Å². The molecule has 0 aliphatic heterocycles. The lowest BCUT2D eigenvalue weighted by Gasteiger charge is -2.14. The number of nitrogens with one attached hydrogen (secondary N) is 2. The van der Waals surface area contributed by atoms with Gasteiger partial charge in [0, 0.05) is 12.1 Å². The van der Waals surface area contributed by atoms with E-state index in [1.165, 1.54) is 24.3 Å². The van der Waals surface area contributed by atoms with Crippen molar-refractivity contribution in [2.75, 3.05) is 0 Å². The number of rotatable bonds is 7. The molecule has 0 aliphatic carbocycles. The molecule has 7 heteroatoms. The molecule has 0 bridgehead atoms. The van der Waals surface area contributed by atoms with E-state index in [0.29, 0.717) is 12.1 Å². The Bertz CT molecular complexity index is 891. The van der Waals surface area contributed by atoms with Crippen molar-refractivity contribution in [2.24, 2.45) is 0 Å². The summed E-state index contributed by atoms with van der Waals surface area (Å²) >= 11 is 0. The van der Waals surface area contributed by atoms with Gasteiger partial charge in [0.2, 0.25) is 5.91 Å². The van der Waals surface area contributed by atoms with Gasteiger partial charge in [-0.05, 0) is 50.6 Å². The van der Waals surface area contributed by atoms with Gasteiger partial charge in [-0.1, -0.05) is 30.3 Å². The minimum absolute atomic E-state index is 0.169. The molecule has 1 atom stereocenters. The van der Waals surface area contributed by atoms with Crippen LogP contribution in [0.1, 0.15) is 36.7 Å². The van der Waals surface area contributed by atoms with Crippen molar-refractivity contribution in [1.82, 2.24) is 10.6 Å². The summed E-state index contributed by atoms with van der Waals surface area (Å²) in [4.78, 5) is 24.6. The number of sulfone groups is 1. The fourth-order valence-electron chi connectivity index (χ4n) is 2.35. The Morgan fingerprint density at radius 3 is 2.07 bits per heavy atom. The zero-order chi connectivity index (χ0) is 20.0. The minimum atomic E-state index is -3.39. The Morgan fingerprint density at radius 1 is 0.926 bits per heavy atom. The summed E-state index contributed by atoms with van der Waals surface area (Å²) in [5.41, 5.74) is 1.26. The highest BCUT2D eigenvalue weighted by Crippen LogP contribution is 2.16. The molecule has 2 aromatic rings. The van der Waals surface area contributed by atoms with E-state index in [0.717, 1.165) is 5.56 Å². The molecule has 2 amide bonds. The van der Waals surface area contributed by atoms with E-state index < -0.39 is 27.0 Å². The Morgan fingerprint density at radius 2 is 1.52 bits per heavy atom. The van der Waals surface area contributed by atoms with E-state index in [1.807, 2.05) is 30.3 Å². The van der Waals surface area contributed by atoms with E-state index in [1.54, 1.807) is 20.8 Å². The first-order valence-corrected chi connectivity index (χ1v) is 10.2. The highest BCUT2D eigenvalue weighted by atomic mass is 32.2. The van der Waals surface area contributed by atoms with Crippen LogP contribution < -0.4 is 10.6 Å².